The fourth-order valence-corrected chi connectivity index (χ4v) is 4.19. The number of amides is 1. The highest BCUT2D eigenvalue weighted by Crippen LogP contribution is 2.28. The van der Waals surface area contributed by atoms with Crippen molar-refractivity contribution in [2.45, 2.75) is 38.5 Å². The van der Waals surface area contributed by atoms with Gasteiger partial charge in [-0.2, -0.15) is 0 Å². The Kier molecular flexibility index (Phi) is 5.43. The summed E-state index contributed by atoms with van der Waals surface area (Å²) in [4.78, 5) is 29.9. The molecule has 0 aliphatic carbocycles. The molecule has 2 aliphatic heterocycles. The van der Waals surface area contributed by atoms with Gasteiger partial charge in [0.25, 0.3) is 5.56 Å². The number of pyridine rings is 1. The van der Waals surface area contributed by atoms with Crippen LogP contribution < -0.4 is 16.2 Å². The zero-order valence-electron chi connectivity index (χ0n) is 15.8. The van der Waals surface area contributed by atoms with Gasteiger partial charge in [0.1, 0.15) is 0 Å². The first-order valence-electron chi connectivity index (χ1n) is 10.1. The van der Waals surface area contributed by atoms with Crippen molar-refractivity contribution in [2.75, 3.05) is 38.0 Å². The number of aromatic amines is 1. The molecule has 3 heterocycles. The minimum absolute atomic E-state index is 0.00657. The van der Waals surface area contributed by atoms with E-state index in [4.69, 9.17) is 0 Å². The predicted octanol–water partition coefficient (Wildman–Crippen LogP) is 2.03. The van der Waals surface area contributed by atoms with E-state index >= 15 is 0 Å². The summed E-state index contributed by atoms with van der Waals surface area (Å²) < 4.78 is 0. The van der Waals surface area contributed by atoms with E-state index in [0.29, 0.717) is 13.0 Å². The number of anilines is 1. The van der Waals surface area contributed by atoms with Crippen molar-refractivity contribution in [1.29, 1.82) is 0 Å². The molecule has 6 nitrogen and oxygen atoms in total. The number of likely N-dealkylation sites (tertiary alicyclic amines) is 1. The molecule has 1 aromatic heterocycles. The monoisotopic (exact) mass is 368 g/mol. The van der Waals surface area contributed by atoms with Crippen molar-refractivity contribution in [3.8, 4) is 0 Å². The van der Waals surface area contributed by atoms with Crippen molar-refractivity contribution < 1.29 is 4.79 Å². The van der Waals surface area contributed by atoms with Crippen LogP contribution in [0.15, 0.2) is 23.0 Å². The highest BCUT2D eigenvalue weighted by atomic mass is 16.1. The Balaban J connectivity index is 1.42. The topological polar surface area (TPSA) is 77.2 Å². The molecule has 0 atom stereocenters. The molecule has 1 saturated heterocycles. The maximum Gasteiger partial charge on any atom is 0.253 e. The van der Waals surface area contributed by atoms with Crippen LogP contribution in [-0.2, 0) is 17.6 Å². The minimum atomic E-state index is -0.00657. The smallest absolute Gasteiger partial charge is 0.253 e. The Labute approximate surface area is 159 Å². The van der Waals surface area contributed by atoms with Gasteiger partial charge < -0.3 is 20.5 Å². The Hall–Kier alpha value is -2.34. The Bertz CT molecular complexity index is 884. The van der Waals surface area contributed by atoms with E-state index in [1.54, 1.807) is 0 Å². The van der Waals surface area contributed by atoms with E-state index in [-0.39, 0.29) is 11.5 Å². The Morgan fingerprint density at radius 3 is 2.85 bits per heavy atom. The molecule has 0 saturated carbocycles. The van der Waals surface area contributed by atoms with Crippen LogP contribution in [0.1, 0.15) is 36.8 Å². The largest absolute Gasteiger partial charge is 0.384 e. The van der Waals surface area contributed by atoms with Crippen molar-refractivity contribution in [2.24, 2.45) is 0 Å². The second-order valence-corrected chi connectivity index (χ2v) is 7.65. The van der Waals surface area contributed by atoms with Crippen molar-refractivity contribution in [3.63, 3.8) is 0 Å². The number of piperidine rings is 1. The van der Waals surface area contributed by atoms with Gasteiger partial charge in [-0.25, -0.2) is 0 Å². The number of benzene rings is 1. The summed E-state index contributed by atoms with van der Waals surface area (Å²) >= 11 is 0. The van der Waals surface area contributed by atoms with Crippen LogP contribution in [0.25, 0.3) is 10.9 Å². The predicted molar refractivity (Wildman–Crippen MR) is 108 cm³/mol. The minimum Gasteiger partial charge on any atom is -0.384 e. The lowest BCUT2D eigenvalue weighted by Gasteiger charge is -2.26. The van der Waals surface area contributed by atoms with E-state index in [1.165, 1.54) is 19.3 Å². The quantitative estimate of drug-likeness (QED) is 0.755. The van der Waals surface area contributed by atoms with Crippen LogP contribution in [0.5, 0.6) is 0 Å². The fraction of sp³-hybridized carbons (Fsp3) is 0.524. The van der Waals surface area contributed by atoms with Gasteiger partial charge in [-0.05, 0) is 56.5 Å². The molecule has 0 unspecified atom stereocenters. The van der Waals surface area contributed by atoms with Gasteiger partial charge in [0.05, 0.1) is 17.6 Å². The molecule has 27 heavy (non-hydrogen) atoms. The van der Waals surface area contributed by atoms with Crippen molar-refractivity contribution in [1.82, 2.24) is 15.2 Å². The number of carbonyl (C=O) groups is 1. The molecule has 0 spiro atoms. The van der Waals surface area contributed by atoms with E-state index in [9.17, 15) is 9.59 Å². The van der Waals surface area contributed by atoms with Crippen LogP contribution in [0.2, 0.25) is 0 Å². The number of H-pyrrole nitrogens is 1. The highest BCUT2D eigenvalue weighted by molar-refractivity contribution is 5.94. The first-order chi connectivity index (χ1) is 13.2. The van der Waals surface area contributed by atoms with Crippen LogP contribution >= 0.6 is 0 Å². The molecule has 1 fully saturated rings. The van der Waals surface area contributed by atoms with Gasteiger partial charge in [-0.1, -0.05) is 12.5 Å². The average molecular weight is 368 g/mol. The summed E-state index contributed by atoms with van der Waals surface area (Å²) in [7, 11) is 0. The van der Waals surface area contributed by atoms with E-state index in [2.05, 4.69) is 20.5 Å². The number of hydrogen-bond donors (Lipinski definition) is 3. The fourth-order valence-electron chi connectivity index (χ4n) is 4.19. The molecule has 6 heteroatoms. The van der Waals surface area contributed by atoms with Gasteiger partial charge in [0, 0.05) is 30.6 Å². The maximum absolute atomic E-state index is 12.3. The Morgan fingerprint density at radius 1 is 1.15 bits per heavy atom. The number of fused-ring (bicyclic) bond motifs is 3. The van der Waals surface area contributed by atoms with Crippen LogP contribution in [0.4, 0.5) is 5.69 Å². The Morgan fingerprint density at radius 2 is 2.00 bits per heavy atom. The van der Waals surface area contributed by atoms with Gasteiger partial charge in [-0.3, -0.25) is 9.59 Å². The van der Waals surface area contributed by atoms with Gasteiger partial charge in [0.2, 0.25) is 5.91 Å². The first kappa shape index (κ1) is 18.0. The van der Waals surface area contributed by atoms with Gasteiger partial charge in [-0.15, -0.1) is 0 Å². The number of nitrogens with one attached hydrogen (secondary N) is 3. The van der Waals surface area contributed by atoms with Crippen LogP contribution in [0, 0.1) is 0 Å². The summed E-state index contributed by atoms with van der Waals surface area (Å²) in [5.41, 5.74) is 3.55. The molecule has 1 aromatic carbocycles. The standard InChI is InChI=1S/C21H28N4O2/c26-19(22-9-12-25-10-2-1-3-11-25)14-15-6-7-18-17(13-15)20-16(21(27)24-18)5-4-8-23-20/h6-7,13,23H,1-5,8-12,14H2,(H,22,26)(H,24,27). The first-order valence-corrected chi connectivity index (χ1v) is 10.1. The molecule has 1 amide bonds. The number of rotatable bonds is 5. The summed E-state index contributed by atoms with van der Waals surface area (Å²) in [5, 5.41) is 7.42. The molecule has 3 N–H and O–H groups in total. The third kappa shape index (κ3) is 4.16. The van der Waals surface area contributed by atoms with Crippen LogP contribution in [0.3, 0.4) is 0 Å². The summed E-state index contributed by atoms with van der Waals surface area (Å²) in [6.07, 6.45) is 6.00. The molecule has 2 aromatic rings. The molecule has 144 valence electrons. The molecular weight excluding hydrogens is 340 g/mol. The average Bonchev–Trinajstić information content (AvgIpc) is 2.69. The van der Waals surface area contributed by atoms with Crippen LogP contribution in [-0.4, -0.2) is 48.5 Å². The number of carbonyl (C=O) groups excluding carboxylic acids is 1. The van der Waals surface area contributed by atoms with Crippen molar-refractivity contribution >= 4 is 22.5 Å². The SMILES string of the molecule is O=C(Cc1ccc2[nH]c(=O)c3c(c2c1)NCCC3)NCCN1CCCCC1. The van der Waals surface area contributed by atoms with E-state index < -0.39 is 0 Å². The molecule has 0 radical (unpaired) electrons. The molecule has 0 bridgehead atoms. The zero-order chi connectivity index (χ0) is 18.6. The molecule has 2 aliphatic rings. The van der Waals surface area contributed by atoms with E-state index in [0.717, 1.165) is 66.7 Å². The number of nitrogens with zero attached hydrogens (tertiary/aromatic N) is 1. The molecule has 4 rings (SSSR count). The number of aromatic nitrogens is 1. The summed E-state index contributed by atoms with van der Waals surface area (Å²) in [6.45, 7) is 4.82. The third-order valence-corrected chi connectivity index (χ3v) is 5.65. The normalized spacial score (nSPS) is 17.3. The van der Waals surface area contributed by atoms with Crippen molar-refractivity contribution in [3.05, 3.63) is 39.7 Å². The van der Waals surface area contributed by atoms with Gasteiger partial charge >= 0.3 is 0 Å². The lowest BCUT2D eigenvalue weighted by atomic mass is 9.99. The number of hydrogen-bond acceptors (Lipinski definition) is 4. The lowest BCUT2D eigenvalue weighted by Crippen LogP contribution is -2.38. The second kappa shape index (κ2) is 8.13. The highest BCUT2D eigenvalue weighted by Gasteiger charge is 2.17. The third-order valence-electron chi connectivity index (χ3n) is 5.65. The maximum atomic E-state index is 12.3. The second-order valence-electron chi connectivity index (χ2n) is 7.65. The summed E-state index contributed by atoms with van der Waals surface area (Å²) in [6, 6.07) is 5.87. The summed E-state index contributed by atoms with van der Waals surface area (Å²) in [5.74, 6) is 0.0533. The lowest BCUT2D eigenvalue weighted by molar-refractivity contribution is -0.120. The zero-order valence-corrected chi connectivity index (χ0v) is 15.8. The van der Waals surface area contributed by atoms with Gasteiger partial charge in [0.15, 0.2) is 0 Å². The van der Waals surface area contributed by atoms with E-state index in [1.807, 2.05) is 18.2 Å². The molecular formula is C21H28N4O2.